The first-order valence-electron chi connectivity index (χ1n) is 8.35. The largest absolute Gasteiger partial charge is 0.465 e. The van der Waals surface area contributed by atoms with Crippen molar-refractivity contribution in [2.45, 2.75) is 38.5 Å². The number of carbonyl (C=O) groups excluding carboxylic acids is 1. The Morgan fingerprint density at radius 3 is 3.09 bits per heavy atom. The average molecular weight is 322 g/mol. The maximum atomic E-state index is 12.1. The van der Waals surface area contributed by atoms with E-state index >= 15 is 0 Å². The highest BCUT2D eigenvalue weighted by atomic mass is 16.5. The number of carbonyl (C=O) groups is 1. The van der Waals surface area contributed by atoms with Crippen LogP contribution in [0.2, 0.25) is 0 Å². The fraction of sp³-hybridized carbons (Fsp3) is 0.706. The first kappa shape index (κ1) is 16.5. The van der Waals surface area contributed by atoms with E-state index in [1.54, 1.807) is 7.11 Å². The fourth-order valence-electron chi connectivity index (χ4n) is 3.49. The van der Waals surface area contributed by atoms with Gasteiger partial charge in [-0.25, -0.2) is 0 Å². The molecule has 3 rings (SSSR count). The summed E-state index contributed by atoms with van der Waals surface area (Å²) in [4.78, 5) is 14.5. The molecule has 2 fully saturated rings. The maximum absolute atomic E-state index is 12.1. The summed E-state index contributed by atoms with van der Waals surface area (Å²) in [5.74, 6) is 2.42. The number of likely N-dealkylation sites (tertiary alicyclic amines) is 1. The number of nitrogens with one attached hydrogen (secondary N) is 1. The molecule has 23 heavy (non-hydrogen) atoms. The van der Waals surface area contributed by atoms with Crippen LogP contribution in [0.5, 0.6) is 0 Å². The molecule has 0 saturated carbocycles. The summed E-state index contributed by atoms with van der Waals surface area (Å²) in [6.07, 6.45) is 1.74. The Labute approximate surface area is 137 Å². The number of furan rings is 1. The lowest BCUT2D eigenvalue weighted by Crippen LogP contribution is -2.42. The van der Waals surface area contributed by atoms with E-state index in [1.807, 2.05) is 19.1 Å². The Morgan fingerprint density at radius 2 is 2.35 bits per heavy atom. The van der Waals surface area contributed by atoms with Crippen molar-refractivity contribution in [3.8, 4) is 0 Å². The number of piperidine rings is 1. The minimum absolute atomic E-state index is 0.00957. The monoisotopic (exact) mass is 322 g/mol. The number of hydrogen-bond donors (Lipinski definition) is 1. The molecule has 128 valence electrons. The van der Waals surface area contributed by atoms with Gasteiger partial charge in [-0.1, -0.05) is 0 Å². The lowest BCUT2D eigenvalue weighted by Gasteiger charge is -2.33. The minimum atomic E-state index is -0.312. The van der Waals surface area contributed by atoms with Gasteiger partial charge in [0.25, 0.3) is 0 Å². The molecule has 1 N–H and O–H groups in total. The van der Waals surface area contributed by atoms with E-state index in [4.69, 9.17) is 13.9 Å². The van der Waals surface area contributed by atoms with Gasteiger partial charge >= 0.3 is 0 Å². The van der Waals surface area contributed by atoms with Gasteiger partial charge in [0.05, 0.1) is 19.3 Å². The summed E-state index contributed by atoms with van der Waals surface area (Å²) in [7, 11) is 1.63. The van der Waals surface area contributed by atoms with Gasteiger partial charge in [-0.15, -0.1) is 0 Å². The van der Waals surface area contributed by atoms with Gasteiger partial charge in [-0.05, 0) is 44.4 Å². The van der Waals surface area contributed by atoms with E-state index in [0.717, 1.165) is 44.0 Å². The van der Waals surface area contributed by atoms with Crippen LogP contribution in [0.3, 0.4) is 0 Å². The summed E-state index contributed by atoms with van der Waals surface area (Å²) in [6.45, 7) is 5.73. The van der Waals surface area contributed by atoms with Gasteiger partial charge in [0.15, 0.2) is 0 Å². The summed E-state index contributed by atoms with van der Waals surface area (Å²) >= 11 is 0. The van der Waals surface area contributed by atoms with Gasteiger partial charge < -0.3 is 19.2 Å². The lowest BCUT2D eigenvalue weighted by atomic mass is 9.91. The molecule has 0 aromatic carbocycles. The SMILES string of the molecule is COCCNC(=O)[C@@H]1C[C@H]2CCN(Cc3ccc(C)o3)C[C@@H]2O1. The second-order valence-corrected chi connectivity index (χ2v) is 6.48. The zero-order valence-corrected chi connectivity index (χ0v) is 13.9. The highest BCUT2D eigenvalue weighted by Gasteiger charge is 2.41. The number of fused-ring (bicyclic) bond motifs is 1. The third-order valence-electron chi connectivity index (χ3n) is 4.71. The maximum Gasteiger partial charge on any atom is 0.249 e. The van der Waals surface area contributed by atoms with Crippen molar-refractivity contribution in [3.63, 3.8) is 0 Å². The number of nitrogens with zero attached hydrogens (tertiary/aromatic N) is 1. The van der Waals surface area contributed by atoms with Crippen molar-refractivity contribution < 1.29 is 18.7 Å². The van der Waals surface area contributed by atoms with Gasteiger partial charge in [0.2, 0.25) is 5.91 Å². The fourth-order valence-corrected chi connectivity index (χ4v) is 3.49. The van der Waals surface area contributed by atoms with Gasteiger partial charge in [-0.3, -0.25) is 9.69 Å². The van der Waals surface area contributed by atoms with Crippen molar-refractivity contribution in [3.05, 3.63) is 23.7 Å². The van der Waals surface area contributed by atoms with Crippen LogP contribution in [0.4, 0.5) is 0 Å². The van der Waals surface area contributed by atoms with Crippen molar-refractivity contribution in [2.24, 2.45) is 5.92 Å². The Morgan fingerprint density at radius 1 is 1.48 bits per heavy atom. The first-order valence-corrected chi connectivity index (χ1v) is 8.35. The molecule has 2 aliphatic heterocycles. The summed E-state index contributed by atoms with van der Waals surface area (Å²) in [5, 5.41) is 2.87. The quantitative estimate of drug-likeness (QED) is 0.801. The second kappa shape index (κ2) is 7.47. The molecule has 6 heteroatoms. The van der Waals surface area contributed by atoms with E-state index in [-0.39, 0.29) is 18.1 Å². The molecule has 2 aliphatic rings. The van der Waals surface area contributed by atoms with E-state index in [0.29, 0.717) is 19.1 Å². The molecule has 3 atom stereocenters. The van der Waals surface area contributed by atoms with Crippen molar-refractivity contribution in [1.29, 1.82) is 0 Å². The summed E-state index contributed by atoms with van der Waals surface area (Å²) < 4.78 is 16.6. The topological polar surface area (TPSA) is 63.9 Å². The Balaban J connectivity index is 1.48. The zero-order chi connectivity index (χ0) is 16.2. The second-order valence-electron chi connectivity index (χ2n) is 6.48. The first-order chi connectivity index (χ1) is 11.2. The molecule has 2 saturated heterocycles. The third-order valence-corrected chi connectivity index (χ3v) is 4.71. The van der Waals surface area contributed by atoms with Gasteiger partial charge in [-0.2, -0.15) is 0 Å². The highest BCUT2D eigenvalue weighted by molar-refractivity contribution is 5.81. The van der Waals surface area contributed by atoms with Crippen molar-refractivity contribution >= 4 is 5.91 Å². The van der Waals surface area contributed by atoms with Crippen LogP contribution in [-0.4, -0.2) is 56.4 Å². The summed E-state index contributed by atoms with van der Waals surface area (Å²) in [5.41, 5.74) is 0. The Kier molecular flexibility index (Phi) is 5.35. The van der Waals surface area contributed by atoms with Crippen LogP contribution in [0, 0.1) is 12.8 Å². The molecule has 0 aliphatic carbocycles. The molecule has 0 unspecified atom stereocenters. The third kappa shape index (κ3) is 4.13. The molecule has 0 spiro atoms. The number of rotatable bonds is 6. The molecule has 1 amide bonds. The molecule has 3 heterocycles. The molecule has 1 aromatic rings. The average Bonchev–Trinajstić information content (AvgIpc) is 3.13. The highest BCUT2D eigenvalue weighted by Crippen LogP contribution is 2.33. The van der Waals surface area contributed by atoms with Crippen molar-refractivity contribution in [2.75, 3.05) is 33.4 Å². The number of amides is 1. The number of methoxy groups -OCH3 is 1. The van der Waals surface area contributed by atoms with Crippen LogP contribution in [0.25, 0.3) is 0 Å². The van der Waals surface area contributed by atoms with Crippen molar-refractivity contribution in [1.82, 2.24) is 10.2 Å². The van der Waals surface area contributed by atoms with Crippen LogP contribution >= 0.6 is 0 Å². The van der Waals surface area contributed by atoms with Crippen LogP contribution < -0.4 is 5.32 Å². The van der Waals surface area contributed by atoms with E-state index in [1.165, 1.54) is 0 Å². The lowest BCUT2D eigenvalue weighted by molar-refractivity contribution is -0.133. The van der Waals surface area contributed by atoms with Crippen LogP contribution in [-0.2, 0) is 20.8 Å². The number of hydrogen-bond acceptors (Lipinski definition) is 5. The molecular formula is C17H26N2O4. The summed E-state index contributed by atoms with van der Waals surface area (Å²) in [6, 6.07) is 4.03. The Bertz CT molecular complexity index is 530. The predicted octanol–water partition coefficient (Wildman–Crippen LogP) is 1.33. The van der Waals surface area contributed by atoms with Crippen LogP contribution in [0.1, 0.15) is 24.4 Å². The number of ether oxygens (including phenoxy) is 2. The minimum Gasteiger partial charge on any atom is -0.465 e. The van der Waals surface area contributed by atoms with Crippen LogP contribution in [0.15, 0.2) is 16.5 Å². The molecule has 0 radical (unpaired) electrons. The van der Waals surface area contributed by atoms with E-state index in [2.05, 4.69) is 10.2 Å². The van der Waals surface area contributed by atoms with Gasteiger partial charge in [0, 0.05) is 20.2 Å². The molecule has 6 nitrogen and oxygen atoms in total. The van der Waals surface area contributed by atoms with E-state index in [9.17, 15) is 4.79 Å². The molecule has 1 aromatic heterocycles. The predicted molar refractivity (Wildman–Crippen MR) is 85.0 cm³/mol. The Hall–Kier alpha value is -1.37. The molecule has 0 bridgehead atoms. The van der Waals surface area contributed by atoms with Gasteiger partial charge in [0.1, 0.15) is 17.6 Å². The normalized spacial score (nSPS) is 27.8. The zero-order valence-electron chi connectivity index (χ0n) is 13.9. The van der Waals surface area contributed by atoms with E-state index < -0.39 is 0 Å². The smallest absolute Gasteiger partial charge is 0.249 e. The molecular weight excluding hydrogens is 296 g/mol. The number of aryl methyl sites for hydroxylation is 1. The standard InChI is InChI=1S/C17H26N2O4/c1-12-3-4-14(22-12)10-19-7-5-13-9-15(23-16(13)11-19)17(20)18-6-8-21-2/h3-4,13,15-16H,5-11H2,1-2H3,(H,18,20)/t13-,15+,16+/m1/s1.